The van der Waals surface area contributed by atoms with Gasteiger partial charge in [0.1, 0.15) is 11.8 Å². The summed E-state index contributed by atoms with van der Waals surface area (Å²) in [6, 6.07) is 12.7. The van der Waals surface area contributed by atoms with Crippen LogP contribution >= 0.6 is 22.6 Å². The van der Waals surface area contributed by atoms with E-state index in [4.69, 9.17) is 9.15 Å². The second-order valence-corrected chi connectivity index (χ2v) is 5.02. The summed E-state index contributed by atoms with van der Waals surface area (Å²) in [4.78, 5) is 11.8. The molecule has 0 spiro atoms. The summed E-state index contributed by atoms with van der Waals surface area (Å²) < 4.78 is 11.1. The lowest BCUT2D eigenvalue weighted by atomic mass is 10.1. The average molecular weight is 371 g/mol. The molecule has 0 aliphatic rings. The Kier molecular flexibility index (Phi) is 4.98. The van der Waals surface area contributed by atoms with E-state index in [2.05, 4.69) is 27.9 Å². The topological polar surface area (TPSA) is 51.5 Å². The van der Waals surface area contributed by atoms with E-state index in [1.54, 1.807) is 0 Å². The number of esters is 1. The highest BCUT2D eigenvalue weighted by Gasteiger charge is 2.20. The van der Waals surface area contributed by atoms with Crippen molar-refractivity contribution in [3.05, 3.63) is 57.6 Å². The number of rotatable bonds is 5. The summed E-state index contributed by atoms with van der Waals surface area (Å²) in [5.41, 5.74) is 0.871. The van der Waals surface area contributed by atoms with Gasteiger partial charge in [-0.25, -0.2) is 4.79 Å². The summed E-state index contributed by atoms with van der Waals surface area (Å²) in [5, 5.41) is 3.14. The molecule has 1 heterocycles. The molecule has 4 nitrogen and oxygen atoms in total. The van der Waals surface area contributed by atoms with Crippen LogP contribution in [0.5, 0.6) is 0 Å². The van der Waals surface area contributed by atoms with Crippen molar-refractivity contribution in [3.63, 3.8) is 0 Å². The van der Waals surface area contributed by atoms with Crippen molar-refractivity contribution in [2.75, 3.05) is 7.11 Å². The van der Waals surface area contributed by atoms with Crippen LogP contribution in [-0.4, -0.2) is 13.1 Å². The molecule has 0 amide bonds. The maximum Gasteiger partial charge on any atom is 0.327 e. The molecule has 2 rings (SSSR count). The summed E-state index contributed by atoms with van der Waals surface area (Å²) in [6.45, 7) is 0.470. The minimum atomic E-state index is -0.492. The van der Waals surface area contributed by atoms with E-state index in [1.807, 2.05) is 42.5 Å². The lowest BCUT2D eigenvalue weighted by molar-refractivity contribution is -0.143. The standard InChI is InChI=1S/C14H14INO3/c1-18-14(17)13(10-5-3-2-4-6-10)16-9-11-7-8-12(15)19-11/h2-8,13,16H,9H2,1H3. The van der Waals surface area contributed by atoms with Crippen LogP contribution in [0.1, 0.15) is 17.4 Å². The minimum Gasteiger partial charge on any atom is -0.468 e. The van der Waals surface area contributed by atoms with E-state index in [0.717, 1.165) is 15.1 Å². The van der Waals surface area contributed by atoms with Gasteiger partial charge in [0.25, 0.3) is 0 Å². The van der Waals surface area contributed by atoms with E-state index in [-0.39, 0.29) is 5.97 Å². The largest absolute Gasteiger partial charge is 0.468 e. The summed E-state index contributed by atoms with van der Waals surface area (Å²) in [6.07, 6.45) is 0. The zero-order valence-corrected chi connectivity index (χ0v) is 12.6. The Morgan fingerprint density at radius 2 is 2.05 bits per heavy atom. The zero-order chi connectivity index (χ0) is 13.7. The molecule has 0 fully saturated rings. The summed E-state index contributed by atoms with van der Waals surface area (Å²) in [5.74, 6) is 0.474. The molecule has 5 heteroatoms. The highest BCUT2D eigenvalue weighted by Crippen LogP contribution is 2.16. The predicted octanol–water partition coefficient (Wildman–Crippen LogP) is 2.89. The van der Waals surface area contributed by atoms with Crippen molar-refractivity contribution in [2.24, 2.45) is 0 Å². The molecule has 1 unspecified atom stereocenters. The molecule has 0 saturated carbocycles. The maximum atomic E-state index is 11.8. The predicted molar refractivity (Wildman–Crippen MR) is 79.5 cm³/mol. The summed E-state index contributed by atoms with van der Waals surface area (Å²) in [7, 11) is 1.38. The highest BCUT2D eigenvalue weighted by molar-refractivity contribution is 14.1. The van der Waals surface area contributed by atoms with Gasteiger partial charge in [0.2, 0.25) is 0 Å². The van der Waals surface area contributed by atoms with Crippen molar-refractivity contribution < 1.29 is 13.9 Å². The second-order valence-electron chi connectivity index (χ2n) is 3.95. The Balaban J connectivity index is 2.09. The number of furan rings is 1. The molecule has 0 bridgehead atoms. The lowest BCUT2D eigenvalue weighted by Gasteiger charge is -2.16. The zero-order valence-electron chi connectivity index (χ0n) is 10.4. The molecule has 19 heavy (non-hydrogen) atoms. The third-order valence-electron chi connectivity index (χ3n) is 2.68. The molecular formula is C14H14INO3. The van der Waals surface area contributed by atoms with Crippen molar-refractivity contribution in [3.8, 4) is 0 Å². The maximum absolute atomic E-state index is 11.8. The number of ether oxygens (including phenoxy) is 1. The van der Waals surface area contributed by atoms with Gasteiger partial charge in [0, 0.05) is 0 Å². The Bertz CT molecular complexity index is 539. The third-order valence-corrected chi connectivity index (χ3v) is 3.26. The number of hydrogen-bond donors (Lipinski definition) is 1. The molecule has 1 N–H and O–H groups in total. The van der Waals surface area contributed by atoms with Crippen LogP contribution in [-0.2, 0) is 16.1 Å². The number of carbonyl (C=O) groups excluding carboxylic acids is 1. The van der Waals surface area contributed by atoms with Crippen LogP contribution in [0, 0.1) is 3.77 Å². The normalized spacial score (nSPS) is 12.1. The van der Waals surface area contributed by atoms with Crippen LogP contribution in [0.3, 0.4) is 0 Å². The Morgan fingerprint density at radius 3 is 2.63 bits per heavy atom. The van der Waals surface area contributed by atoms with Crippen molar-refractivity contribution in [1.29, 1.82) is 0 Å². The SMILES string of the molecule is COC(=O)C(NCc1ccc(I)o1)c1ccccc1. The minimum absolute atomic E-state index is 0.313. The fraction of sp³-hybridized carbons (Fsp3) is 0.214. The molecule has 0 aliphatic heterocycles. The van der Waals surface area contributed by atoms with E-state index < -0.39 is 6.04 Å². The molecule has 0 radical (unpaired) electrons. The lowest BCUT2D eigenvalue weighted by Crippen LogP contribution is -2.29. The van der Waals surface area contributed by atoms with Crippen LogP contribution < -0.4 is 5.32 Å². The van der Waals surface area contributed by atoms with E-state index in [1.165, 1.54) is 7.11 Å². The van der Waals surface area contributed by atoms with Gasteiger partial charge >= 0.3 is 5.97 Å². The third kappa shape index (κ3) is 3.81. The molecule has 0 saturated heterocycles. The Labute approximate surface area is 125 Å². The Hall–Kier alpha value is -1.34. The van der Waals surface area contributed by atoms with Crippen molar-refractivity contribution >= 4 is 28.6 Å². The van der Waals surface area contributed by atoms with Crippen LogP contribution in [0.2, 0.25) is 0 Å². The molecule has 2 aromatic rings. The van der Waals surface area contributed by atoms with Gasteiger partial charge in [-0.15, -0.1) is 0 Å². The van der Waals surface area contributed by atoms with Crippen LogP contribution in [0.15, 0.2) is 46.9 Å². The van der Waals surface area contributed by atoms with Gasteiger partial charge in [0.15, 0.2) is 3.77 Å². The number of carbonyl (C=O) groups is 1. The van der Waals surface area contributed by atoms with Gasteiger partial charge < -0.3 is 9.15 Å². The number of methoxy groups -OCH3 is 1. The molecule has 1 aromatic heterocycles. The highest BCUT2D eigenvalue weighted by atomic mass is 127. The van der Waals surface area contributed by atoms with Gasteiger partial charge in [0.05, 0.1) is 13.7 Å². The number of benzene rings is 1. The van der Waals surface area contributed by atoms with E-state index in [0.29, 0.717) is 6.54 Å². The molecule has 100 valence electrons. The number of hydrogen-bond acceptors (Lipinski definition) is 4. The Morgan fingerprint density at radius 1 is 1.32 bits per heavy atom. The van der Waals surface area contributed by atoms with E-state index >= 15 is 0 Å². The fourth-order valence-electron chi connectivity index (χ4n) is 1.75. The number of nitrogens with one attached hydrogen (secondary N) is 1. The van der Waals surface area contributed by atoms with E-state index in [9.17, 15) is 4.79 Å². The second kappa shape index (κ2) is 6.72. The molecule has 1 atom stereocenters. The first-order valence-corrected chi connectivity index (χ1v) is 6.89. The first-order chi connectivity index (χ1) is 9.20. The molecular weight excluding hydrogens is 357 g/mol. The van der Waals surface area contributed by atoms with Crippen molar-refractivity contribution in [1.82, 2.24) is 5.32 Å². The first-order valence-electron chi connectivity index (χ1n) is 5.81. The van der Waals surface area contributed by atoms with Crippen molar-refractivity contribution in [2.45, 2.75) is 12.6 Å². The fourth-order valence-corrected chi connectivity index (χ4v) is 2.21. The first kappa shape index (κ1) is 14.1. The van der Waals surface area contributed by atoms with Crippen LogP contribution in [0.4, 0.5) is 0 Å². The monoisotopic (exact) mass is 371 g/mol. The quantitative estimate of drug-likeness (QED) is 0.649. The van der Waals surface area contributed by atoms with Gasteiger partial charge in [-0.05, 0) is 40.3 Å². The summed E-state index contributed by atoms with van der Waals surface area (Å²) >= 11 is 2.10. The molecule has 0 aliphatic carbocycles. The molecule has 1 aromatic carbocycles. The average Bonchev–Trinajstić information content (AvgIpc) is 2.85. The smallest absolute Gasteiger partial charge is 0.327 e. The van der Waals surface area contributed by atoms with Crippen LogP contribution in [0.25, 0.3) is 0 Å². The van der Waals surface area contributed by atoms with Gasteiger partial charge in [-0.2, -0.15) is 0 Å². The van der Waals surface area contributed by atoms with Gasteiger partial charge in [-0.3, -0.25) is 5.32 Å². The van der Waals surface area contributed by atoms with Gasteiger partial charge in [-0.1, -0.05) is 30.3 Å². The number of halogens is 1.